The van der Waals surface area contributed by atoms with Crippen LogP contribution in [0.4, 0.5) is 5.69 Å². The van der Waals surface area contributed by atoms with Crippen molar-refractivity contribution in [2.75, 3.05) is 11.9 Å². The molecule has 1 saturated carbocycles. The van der Waals surface area contributed by atoms with Gasteiger partial charge in [0.15, 0.2) is 0 Å². The first kappa shape index (κ1) is 14.7. The highest BCUT2D eigenvalue weighted by Gasteiger charge is 2.18. The lowest BCUT2D eigenvalue weighted by Crippen LogP contribution is -2.25. The van der Waals surface area contributed by atoms with Crippen LogP contribution in [0.1, 0.15) is 39.0 Å². The Morgan fingerprint density at radius 1 is 1.30 bits per heavy atom. The Labute approximate surface area is 120 Å². The van der Waals surface area contributed by atoms with Gasteiger partial charge in [0, 0.05) is 6.04 Å². The number of anilines is 1. The Morgan fingerprint density at radius 3 is 2.70 bits per heavy atom. The number of nitrogens with one attached hydrogen (secondary N) is 1. The molecule has 1 aliphatic carbocycles. The second-order valence-electron chi connectivity index (χ2n) is 5.66. The molecule has 1 fully saturated rings. The molecule has 0 bridgehead atoms. The molecule has 0 saturated heterocycles. The number of carbonyl (C=O) groups is 1. The standard InChI is InChI=1S/C16H24N2O2/c1-12-6-8-13(9-7-12)18-14-4-2-3-5-15(14)20-11-10-16(17)19/h2-5,12-13,18H,6-11H2,1H3,(H2,17,19). The maximum Gasteiger partial charge on any atom is 0.220 e. The smallest absolute Gasteiger partial charge is 0.220 e. The van der Waals surface area contributed by atoms with Crippen molar-refractivity contribution in [3.8, 4) is 5.75 Å². The van der Waals surface area contributed by atoms with Crippen LogP contribution in [0.25, 0.3) is 0 Å². The highest BCUT2D eigenvalue weighted by molar-refractivity contribution is 5.73. The fraction of sp³-hybridized carbons (Fsp3) is 0.562. The monoisotopic (exact) mass is 276 g/mol. The normalized spacial score (nSPS) is 22.2. The van der Waals surface area contributed by atoms with Crippen molar-refractivity contribution in [1.82, 2.24) is 0 Å². The molecule has 0 aromatic heterocycles. The van der Waals surface area contributed by atoms with Crippen molar-refractivity contribution in [2.24, 2.45) is 11.7 Å². The summed E-state index contributed by atoms with van der Waals surface area (Å²) in [6.45, 7) is 2.65. The molecule has 1 aromatic carbocycles. The van der Waals surface area contributed by atoms with E-state index in [1.807, 2.05) is 24.3 Å². The number of amides is 1. The molecule has 2 rings (SSSR count). The predicted octanol–water partition coefficient (Wildman–Crippen LogP) is 2.93. The molecule has 0 aliphatic heterocycles. The van der Waals surface area contributed by atoms with Gasteiger partial charge < -0.3 is 15.8 Å². The van der Waals surface area contributed by atoms with E-state index in [1.54, 1.807) is 0 Å². The molecule has 0 heterocycles. The summed E-state index contributed by atoms with van der Waals surface area (Å²) in [7, 11) is 0. The molecule has 1 aliphatic rings. The van der Waals surface area contributed by atoms with Crippen molar-refractivity contribution >= 4 is 11.6 Å². The van der Waals surface area contributed by atoms with Gasteiger partial charge in [0.1, 0.15) is 5.75 Å². The van der Waals surface area contributed by atoms with E-state index in [1.165, 1.54) is 25.7 Å². The van der Waals surface area contributed by atoms with Crippen LogP contribution in [-0.4, -0.2) is 18.6 Å². The first-order chi connectivity index (χ1) is 9.65. The topological polar surface area (TPSA) is 64.3 Å². The number of hydrogen-bond acceptors (Lipinski definition) is 3. The summed E-state index contributed by atoms with van der Waals surface area (Å²) < 4.78 is 5.65. The van der Waals surface area contributed by atoms with Crippen molar-refractivity contribution in [3.63, 3.8) is 0 Å². The Balaban J connectivity index is 1.91. The van der Waals surface area contributed by atoms with Gasteiger partial charge in [0.2, 0.25) is 5.91 Å². The van der Waals surface area contributed by atoms with E-state index in [0.717, 1.165) is 17.4 Å². The molecule has 0 radical (unpaired) electrons. The van der Waals surface area contributed by atoms with Gasteiger partial charge in [-0.25, -0.2) is 0 Å². The van der Waals surface area contributed by atoms with Gasteiger partial charge in [-0.15, -0.1) is 0 Å². The average Bonchev–Trinajstić information content (AvgIpc) is 2.43. The summed E-state index contributed by atoms with van der Waals surface area (Å²) in [5, 5.41) is 3.57. The minimum atomic E-state index is -0.336. The SMILES string of the molecule is CC1CCC(Nc2ccccc2OCCC(N)=O)CC1. The van der Waals surface area contributed by atoms with Crippen LogP contribution in [0.15, 0.2) is 24.3 Å². The number of benzene rings is 1. The second-order valence-corrected chi connectivity index (χ2v) is 5.66. The lowest BCUT2D eigenvalue weighted by Gasteiger charge is -2.28. The van der Waals surface area contributed by atoms with Gasteiger partial charge in [0.25, 0.3) is 0 Å². The fourth-order valence-electron chi connectivity index (χ4n) is 2.60. The van der Waals surface area contributed by atoms with Crippen molar-refractivity contribution in [3.05, 3.63) is 24.3 Å². The van der Waals surface area contributed by atoms with Gasteiger partial charge in [-0.1, -0.05) is 19.1 Å². The van der Waals surface area contributed by atoms with E-state index in [2.05, 4.69) is 12.2 Å². The number of carbonyl (C=O) groups excluding carboxylic acids is 1. The van der Waals surface area contributed by atoms with E-state index in [0.29, 0.717) is 12.6 Å². The van der Waals surface area contributed by atoms with Crippen LogP contribution in [0.5, 0.6) is 5.75 Å². The summed E-state index contributed by atoms with van der Waals surface area (Å²) in [6, 6.07) is 8.40. The molecule has 0 spiro atoms. The summed E-state index contributed by atoms with van der Waals surface area (Å²) in [6.07, 6.45) is 5.22. The van der Waals surface area contributed by atoms with Gasteiger partial charge in [-0.2, -0.15) is 0 Å². The zero-order chi connectivity index (χ0) is 14.4. The van der Waals surface area contributed by atoms with Gasteiger partial charge >= 0.3 is 0 Å². The quantitative estimate of drug-likeness (QED) is 0.839. The van der Waals surface area contributed by atoms with Crippen LogP contribution in [0.3, 0.4) is 0 Å². The molecule has 0 unspecified atom stereocenters. The van der Waals surface area contributed by atoms with Crippen LogP contribution in [-0.2, 0) is 4.79 Å². The third-order valence-electron chi connectivity index (χ3n) is 3.87. The zero-order valence-corrected chi connectivity index (χ0v) is 12.1. The summed E-state index contributed by atoms with van der Waals surface area (Å²) >= 11 is 0. The van der Waals surface area contributed by atoms with E-state index >= 15 is 0 Å². The fourth-order valence-corrected chi connectivity index (χ4v) is 2.60. The molecule has 20 heavy (non-hydrogen) atoms. The molecule has 4 nitrogen and oxygen atoms in total. The average molecular weight is 276 g/mol. The lowest BCUT2D eigenvalue weighted by molar-refractivity contribution is -0.118. The summed E-state index contributed by atoms with van der Waals surface area (Å²) in [5.74, 6) is 1.30. The maximum absolute atomic E-state index is 10.7. The Hall–Kier alpha value is -1.71. The van der Waals surface area contributed by atoms with E-state index in [9.17, 15) is 4.79 Å². The third-order valence-corrected chi connectivity index (χ3v) is 3.87. The highest BCUT2D eigenvalue weighted by atomic mass is 16.5. The molecule has 1 amide bonds. The largest absolute Gasteiger partial charge is 0.491 e. The second kappa shape index (κ2) is 7.17. The predicted molar refractivity (Wildman–Crippen MR) is 80.8 cm³/mol. The van der Waals surface area contributed by atoms with Gasteiger partial charge in [0.05, 0.1) is 18.7 Å². The zero-order valence-electron chi connectivity index (χ0n) is 12.1. The van der Waals surface area contributed by atoms with Crippen molar-refractivity contribution in [1.29, 1.82) is 0 Å². The molecule has 110 valence electrons. The molecule has 3 N–H and O–H groups in total. The summed E-state index contributed by atoms with van der Waals surface area (Å²) in [5.41, 5.74) is 6.13. The molecule has 1 aromatic rings. The Bertz CT molecular complexity index is 440. The maximum atomic E-state index is 10.7. The molecule has 0 atom stereocenters. The van der Waals surface area contributed by atoms with E-state index in [4.69, 9.17) is 10.5 Å². The Morgan fingerprint density at radius 2 is 2.00 bits per heavy atom. The van der Waals surface area contributed by atoms with E-state index < -0.39 is 0 Å². The highest BCUT2D eigenvalue weighted by Crippen LogP contribution is 2.30. The van der Waals surface area contributed by atoms with Crippen LogP contribution in [0.2, 0.25) is 0 Å². The van der Waals surface area contributed by atoms with Crippen molar-refractivity contribution < 1.29 is 9.53 Å². The minimum Gasteiger partial charge on any atom is -0.491 e. The number of ether oxygens (including phenoxy) is 1. The Kier molecular flexibility index (Phi) is 5.27. The molecular weight excluding hydrogens is 252 g/mol. The number of hydrogen-bond donors (Lipinski definition) is 2. The number of para-hydroxylation sites is 2. The number of primary amides is 1. The van der Waals surface area contributed by atoms with Gasteiger partial charge in [-0.05, 0) is 43.7 Å². The van der Waals surface area contributed by atoms with Gasteiger partial charge in [-0.3, -0.25) is 4.79 Å². The minimum absolute atomic E-state index is 0.245. The first-order valence-electron chi connectivity index (χ1n) is 7.42. The van der Waals surface area contributed by atoms with Crippen molar-refractivity contribution in [2.45, 2.75) is 45.1 Å². The lowest BCUT2D eigenvalue weighted by atomic mass is 9.87. The first-order valence-corrected chi connectivity index (χ1v) is 7.42. The molecule has 4 heteroatoms. The van der Waals surface area contributed by atoms with Crippen LogP contribution in [0, 0.1) is 5.92 Å². The number of rotatable bonds is 6. The summed E-state index contributed by atoms with van der Waals surface area (Å²) in [4.78, 5) is 10.7. The van der Waals surface area contributed by atoms with Crippen LogP contribution < -0.4 is 15.8 Å². The van der Waals surface area contributed by atoms with Crippen LogP contribution >= 0.6 is 0 Å². The number of nitrogens with two attached hydrogens (primary N) is 1. The van der Waals surface area contributed by atoms with E-state index in [-0.39, 0.29) is 12.3 Å². The third kappa shape index (κ3) is 4.44. The molecular formula is C16H24N2O2.